The Hall–Kier alpha value is -1.42. The van der Waals surface area contributed by atoms with Crippen molar-refractivity contribution < 1.29 is 9.90 Å². The van der Waals surface area contributed by atoms with Crippen LogP contribution >= 0.6 is 0 Å². The third kappa shape index (κ3) is 3.13. The van der Waals surface area contributed by atoms with Gasteiger partial charge in [0.05, 0.1) is 11.3 Å². The Kier molecular flexibility index (Phi) is 4.53. The highest BCUT2D eigenvalue weighted by Crippen LogP contribution is 2.21. The van der Waals surface area contributed by atoms with Crippen LogP contribution in [0.5, 0.6) is 0 Å². The molecule has 0 bridgehead atoms. The molecular formula is C15H22N2O2. The Bertz CT molecular complexity index is 471. The highest BCUT2D eigenvalue weighted by Gasteiger charge is 2.21. The van der Waals surface area contributed by atoms with Crippen molar-refractivity contribution in [2.24, 2.45) is 0 Å². The zero-order valence-corrected chi connectivity index (χ0v) is 11.8. The molecule has 0 saturated heterocycles. The molecule has 2 heterocycles. The minimum Gasteiger partial charge on any atom is -0.478 e. The maximum absolute atomic E-state index is 11.3. The Labute approximate surface area is 114 Å². The normalized spacial score (nSPS) is 15.3. The molecular weight excluding hydrogens is 240 g/mol. The van der Waals surface area contributed by atoms with Crippen LogP contribution in [0.15, 0.2) is 6.07 Å². The van der Waals surface area contributed by atoms with Gasteiger partial charge >= 0.3 is 5.97 Å². The zero-order valence-electron chi connectivity index (χ0n) is 11.8. The number of aromatic carboxylic acids is 1. The number of aromatic nitrogens is 1. The maximum atomic E-state index is 11.3. The molecule has 1 aliphatic heterocycles. The third-order valence-corrected chi connectivity index (χ3v) is 3.59. The van der Waals surface area contributed by atoms with Crippen molar-refractivity contribution >= 4 is 5.97 Å². The topological polar surface area (TPSA) is 53.4 Å². The number of pyridine rings is 1. The highest BCUT2D eigenvalue weighted by molar-refractivity contribution is 5.89. The average Bonchev–Trinajstić information content (AvgIpc) is 2.38. The van der Waals surface area contributed by atoms with Crippen LogP contribution in [0.1, 0.15) is 54.0 Å². The SMILES string of the molecule is CCCc1nc2c(cc1C(=O)O)CN(CCC)CC2. The second kappa shape index (κ2) is 6.15. The van der Waals surface area contributed by atoms with Crippen LogP contribution in [0, 0.1) is 0 Å². The highest BCUT2D eigenvalue weighted by atomic mass is 16.4. The largest absolute Gasteiger partial charge is 0.478 e. The molecule has 0 radical (unpaired) electrons. The second-order valence-corrected chi connectivity index (χ2v) is 5.17. The van der Waals surface area contributed by atoms with Crippen LogP contribution in [0.3, 0.4) is 0 Å². The van der Waals surface area contributed by atoms with E-state index in [-0.39, 0.29) is 0 Å². The smallest absolute Gasteiger partial charge is 0.337 e. The zero-order chi connectivity index (χ0) is 13.8. The molecule has 1 aromatic heterocycles. The van der Waals surface area contributed by atoms with Gasteiger partial charge in [-0.05, 0) is 31.0 Å². The summed E-state index contributed by atoms with van der Waals surface area (Å²) in [6.07, 6.45) is 3.73. The number of carboxylic acids is 1. The first-order valence-electron chi connectivity index (χ1n) is 7.13. The number of rotatable bonds is 5. The Morgan fingerprint density at radius 3 is 2.84 bits per heavy atom. The number of aryl methyl sites for hydroxylation is 1. The van der Waals surface area contributed by atoms with Gasteiger partial charge in [0.1, 0.15) is 0 Å². The van der Waals surface area contributed by atoms with Gasteiger partial charge < -0.3 is 5.11 Å². The van der Waals surface area contributed by atoms with Crippen molar-refractivity contribution in [3.05, 3.63) is 28.6 Å². The van der Waals surface area contributed by atoms with Crippen molar-refractivity contribution in [1.82, 2.24) is 9.88 Å². The monoisotopic (exact) mass is 262 g/mol. The molecule has 1 N–H and O–H groups in total. The molecule has 0 aromatic carbocycles. The number of hydrogen-bond acceptors (Lipinski definition) is 3. The predicted molar refractivity (Wildman–Crippen MR) is 74.5 cm³/mol. The first-order valence-corrected chi connectivity index (χ1v) is 7.13. The summed E-state index contributed by atoms with van der Waals surface area (Å²) in [5.41, 5.74) is 3.33. The number of carboxylic acid groups (broad SMARTS) is 1. The van der Waals surface area contributed by atoms with Gasteiger partial charge in [-0.3, -0.25) is 9.88 Å². The molecule has 0 unspecified atom stereocenters. The van der Waals surface area contributed by atoms with Crippen molar-refractivity contribution in [3.8, 4) is 0 Å². The number of nitrogens with zero attached hydrogens (tertiary/aromatic N) is 2. The summed E-state index contributed by atoms with van der Waals surface area (Å²) in [4.78, 5) is 18.3. The van der Waals surface area contributed by atoms with Crippen LogP contribution < -0.4 is 0 Å². The molecule has 0 aliphatic carbocycles. The van der Waals surface area contributed by atoms with Gasteiger partial charge in [0, 0.05) is 25.2 Å². The summed E-state index contributed by atoms with van der Waals surface area (Å²) in [7, 11) is 0. The van der Waals surface area contributed by atoms with Gasteiger partial charge in [-0.15, -0.1) is 0 Å². The molecule has 0 saturated carbocycles. The maximum Gasteiger partial charge on any atom is 0.337 e. The summed E-state index contributed by atoms with van der Waals surface area (Å²) >= 11 is 0. The van der Waals surface area contributed by atoms with Gasteiger partial charge in [-0.25, -0.2) is 4.79 Å². The van der Waals surface area contributed by atoms with Crippen molar-refractivity contribution in [1.29, 1.82) is 0 Å². The fourth-order valence-corrected chi connectivity index (χ4v) is 2.69. The predicted octanol–water partition coefficient (Wildman–Crippen LogP) is 2.50. The molecule has 0 amide bonds. The summed E-state index contributed by atoms with van der Waals surface area (Å²) in [5.74, 6) is -0.855. The molecule has 0 spiro atoms. The van der Waals surface area contributed by atoms with Crippen LogP contribution in [-0.4, -0.2) is 34.0 Å². The van der Waals surface area contributed by atoms with Crippen LogP contribution in [-0.2, 0) is 19.4 Å². The number of hydrogen-bond donors (Lipinski definition) is 1. The van der Waals surface area contributed by atoms with E-state index in [4.69, 9.17) is 0 Å². The molecule has 1 aliphatic rings. The Morgan fingerprint density at radius 1 is 1.42 bits per heavy atom. The van der Waals surface area contributed by atoms with Gasteiger partial charge in [0.25, 0.3) is 0 Å². The van der Waals surface area contributed by atoms with Crippen LogP contribution in [0.4, 0.5) is 0 Å². The average molecular weight is 262 g/mol. The third-order valence-electron chi connectivity index (χ3n) is 3.59. The van der Waals surface area contributed by atoms with E-state index in [1.54, 1.807) is 0 Å². The lowest BCUT2D eigenvalue weighted by Gasteiger charge is -2.28. The molecule has 104 valence electrons. The number of carbonyl (C=O) groups is 1. The van der Waals surface area contributed by atoms with Gasteiger partial charge in [-0.1, -0.05) is 20.3 Å². The summed E-state index contributed by atoms with van der Waals surface area (Å²) in [6, 6.07) is 1.84. The van der Waals surface area contributed by atoms with Crippen molar-refractivity contribution in [3.63, 3.8) is 0 Å². The van der Waals surface area contributed by atoms with Crippen molar-refractivity contribution in [2.45, 2.75) is 46.1 Å². The molecule has 4 heteroatoms. The number of fused-ring (bicyclic) bond motifs is 1. The lowest BCUT2D eigenvalue weighted by Crippen LogP contribution is -2.32. The summed E-state index contributed by atoms with van der Waals surface area (Å²) in [5, 5.41) is 9.31. The fraction of sp³-hybridized carbons (Fsp3) is 0.600. The molecule has 4 nitrogen and oxygen atoms in total. The molecule has 0 fully saturated rings. The minimum atomic E-state index is -0.855. The van der Waals surface area contributed by atoms with Crippen LogP contribution in [0.25, 0.3) is 0 Å². The molecule has 1 aromatic rings. The van der Waals surface area contributed by atoms with E-state index in [9.17, 15) is 9.90 Å². The standard InChI is InChI=1S/C15H22N2O2/c1-3-5-14-12(15(18)19)9-11-10-17(7-4-2)8-6-13(11)16-14/h9H,3-8,10H2,1-2H3,(H,18,19). The van der Waals surface area contributed by atoms with E-state index in [1.807, 2.05) is 6.07 Å². The van der Waals surface area contributed by atoms with Crippen molar-refractivity contribution in [2.75, 3.05) is 13.1 Å². The van der Waals surface area contributed by atoms with E-state index in [2.05, 4.69) is 23.7 Å². The Balaban J connectivity index is 2.32. The van der Waals surface area contributed by atoms with E-state index < -0.39 is 5.97 Å². The van der Waals surface area contributed by atoms with E-state index in [0.717, 1.165) is 62.3 Å². The van der Waals surface area contributed by atoms with Gasteiger partial charge in [-0.2, -0.15) is 0 Å². The van der Waals surface area contributed by atoms with Gasteiger partial charge in [0.15, 0.2) is 0 Å². The van der Waals surface area contributed by atoms with E-state index >= 15 is 0 Å². The Morgan fingerprint density at radius 2 is 2.21 bits per heavy atom. The fourth-order valence-electron chi connectivity index (χ4n) is 2.69. The summed E-state index contributed by atoms with van der Waals surface area (Å²) < 4.78 is 0. The molecule has 19 heavy (non-hydrogen) atoms. The first-order chi connectivity index (χ1) is 9.15. The van der Waals surface area contributed by atoms with Gasteiger partial charge in [0.2, 0.25) is 0 Å². The second-order valence-electron chi connectivity index (χ2n) is 5.17. The lowest BCUT2D eigenvalue weighted by molar-refractivity contribution is 0.0694. The van der Waals surface area contributed by atoms with E-state index in [0.29, 0.717) is 5.56 Å². The quantitative estimate of drug-likeness (QED) is 0.886. The lowest BCUT2D eigenvalue weighted by atomic mass is 10.00. The molecule has 0 atom stereocenters. The van der Waals surface area contributed by atoms with E-state index in [1.165, 1.54) is 0 Å². The first kappa shape index (κ1) is 14.0. The molecule has 2 rings (SSSR count). The van der Waals surface area contributed by atoms with Crippen LogP contribution in [0.2, 0.25) is 0 Å². The summed E-state index contributed by atoms with van der Waals surface area (Å²) in [6.45, 7) is 7.16. The minimum absolute atomic E-state index is 0.388.